The van der Waals surface area contributed by atoms with Crippen molar-refractivity contribution >= 4 is 23.0 Å². The molecule has 0 fully saturated rings. The minimum atomic E-state index is -1.20. The molecule has 1 heterocycles. The Balaban J connectivity index is 2.65. The van der Waals surface area contributed by atoms with E-state index in [1.807, 2.05) is 0 Å². The Morgan fingerprint density at radius 1 is 1.06 bits per heavy atom. The smallest absolute Gasteiger partial charge is 0.356 e. The third-order valence-electron chi connectivity index (χ3n) is 2.01. The van der Waals surface area contributed by atoms with E-state index in [4.69, 9.17) is 10.2 Å². The molecule has 16 heavy (non-hydrogen) atoms. The molecular weight excluding hydrogens is 212 g/mol. The second-order valence-corrected chi connectivity index (χ2v) is 3.07. The van der Waals surface area contributed by atoms with E-state index in [0.29, 0.717) is 5.52 Å². The third-order valence-corrected chi connectivity index (χ3v) is 2.01. The number of carboxylic acid groups (broad SMARTS) is 2. The van der Waals surface area contributed by atoms with Crippen LogP contribution in [0.4, 0.5) is 0 Å². The largest absolute Gasteiger partial charge is 0.478 e. The Bertz CT molecular complexity index is 546. The topological polar surface area (TPSA) is 100 Å². The third kappa shape index (κ3) is 1.68. The summed E-state index contributed by atoms with van der Waals surface area (Å²) in [5, 5.41) is 17.5. The molecule has 0 atom stereocenters. The monoisotopic (exact) mass is 218 g/mol. The van der Waals surface area contributed by atoms with Crippen molar-refractivity contribution in [3.63, 3.8) is 0 Å². The van der Waals surface area contributed by atoms with E-state index in [9.17, 15) is 9.59 Å². The molecule has 0 unspecified atom stereocenters. The number of aromatic nitrogens is 2. The number of rotatable bonds is 2. The Labute approximate surface area is 89.2 Å². The first-order valence-electron chi connectivity index (χ1n) is 4.31. The van der Waals surface area contributed by atoms with Crippen molar-refractivity contribution in [2.75, 3.05) is 0 Å². The molecule has 2 rings (SSSR count). The molecule has 1 aromatic heterocycles. The van der Waals surface area contributed by atoms with E-state index >= 15 is 0 Å². The summed E-state index contributed by atoms with van der Waals surface area (Å²) in [6.07, 6.45) is 1.13. The maximum absolute atomic E-state index is 10.7. The van der Waals surface area contributed by atoms with Gasteiger partial charge < -0.3 is 10.2 Å². The van der Waals surface area contributed by atoms with Crippen LogP contribution in [-0.4, -0.2) is 32.1 Å². The van der Waals surface area contributed by atoms with Crippen LogP contribution in [0, 0.1) is 0 Å². The molecule has 0 radical (unpaired) electrons. The van der Waals surface area contributed by atoms with Gasteiger partial charge in [-0.15, -0.1) is 0 Å². The number of aromatic carboxylic acids is 2. The minimum absolute atomic E-state index is 0.0457. The summed E-state index contributed by atoms with van der Waals surface area (Å²) in [5.41, 5.74) is 0.536. The minimum Gasteiger partial charge on any atom is -0.478 e. The molecule has 6 nitrogen and oxygen atoms in total. The van der Waals surface area contributed by atoms with Crippen LogP contribution < -0.4 is 0 Å². The predicted molar refractivity (Wildman–Crippen MR) is 53.5 cm³/mol. The molecule has 2 aromatic rings. The highest BCUT2D eigenvalue weighted by Crippen LogP contribution is 2.12. The van der Waals surface area contributed by atoms with Gasteiger partial charge in [-0.3, -0.25) is 4.98 Å². The predicted octanol–water partition coefficient (Wildman–Crippen LogP) is 1.03. The van der Waals surface area contributed by atoms with Crippen molar-refractivity contribution in [3.8, 4) is 0 Å². The first-order chi connectivity index (χ1) is 7.58. The van der Waals surface area contributed by atoms with E-state index < -0.39 is 11.9 Å². The molecule has 0 spiro atoms. The number of nitrogens with zero attached hydrogens (tertiary/aromatic N) is 2. The SMILES string of the molecule is O=C(O)c1ccc2ncc(C(=O)O)nc2c1. The molecule has 0 saturated carbocycles. The quantitative estimate of drug-likeness (QED) is 0.780. The van der Waals surface area contributed by atoms with Gasteiger partial charge in [0.2, 0.25) is 0 Å². The highest BCUT2D eigenvalue weighted by Gasteiger charge is 2.09. The van der Waals surface area contributed by atoms with Gasteiger partial charge in [-0.2, -0.15) is 0 Å². The number of carboxylic acids is 2. The van der Waals surface area contributed by atoms with Gasteiger partial charge in [-0.1, -0.05) is 0 Å². The molecule has 6 heteroatoms. The van der Waals surface area contributed by atoms with Gasteiger partial charge in [0.05, 0.1) is 22.8 Å². The summed E-state index contributed by atoms with van der Waals surface area (Å²) in [6.45, 7) is 0. The normalized spacial score (nSPS) is 10.2. The molecular formula is C10H6N2O4. The molecule has 1 aromatic carbocycles. The fourth-order valence-electron chi connectivity index (χ4n) is 1.25. The lowest BCUT2D eigenvalue weighted by atomic mass is 10.2. The van der Waals surface area contributed by atoms with Crippen LogP contribution in [0.3, 0.4) is 0 Å². The molecule has 0 amide bonds. The van der Waals surface area contributed by atoms with Gasteiger partial charge in [0.15, 0.2) is 5.69 Å². The van der Waals surface area contributed by atoms with E-state index in [1.165, 1.54) is 18.2 Å². The van der Waals surface area contributed by atoms with E-state index in [-0.39, 0.29) is 16.8 Å². The molecule has 0 aliphatic rings. The maximum Gasteiger partial charge on any atom is 0.356 e. The van der Waals surface area contributed by atoms with Gasteiger partial charge >= 0.3 is 11.9 Å². The van der Waals surface area contributed by atoms with Crippen molar-refractivity contribution in [1.82, 2.24) is 9.97 Å². The lowest BCUT2D eigenvalue weighted by Crippen LogP contribution is -2.02. The van der Waals surface area contributed by atoms with Gasteiger partial charge in [0, 0.05) is 0 Å². The summed E-state index contributed by atoms with van der Waals surface area (Å²) < 4.78 is 0. The zero-order chi connectivity index (χ0) is 11.7. The van der Waals surface area contributed by atoms with Crippen LogP contribution in [0.1, 0.15) is 20.8 Å². The van der Waals surface area contributed by atoms with Gasteiger partial charge in [-0.25, -0.2) is 14.6 Å². The average Bonchev–Trinajstić information content (AvgIpc) is 2.27. The summed E-state index contributed by atoms with van der Waals surface area (Å²) >= 11 is 0. The number of hydrogen-bond donors (Lipinski definition) is 2. The number of benzene rings is 1. The van der Waals surface area contributed by atoms with Crippen LogP contribution in [0.15, 0.2) is 24.4 Å². The summed E-state index contributed by atoms with van der Waals surface area (Å²) in [6, 6.07) is 4.16. The summed E-state index contributed by atoms with van der Waals surface area (Å²) in [7, 11) is 0. The standard InChI is InChI=1S/C10H6N2O4/c13-9(14)5-1-2-6-7(3-5)12-8(4-11-6)10(15)16/h1-4H,(H,13,14)(H,15,16). The van der Waals surface area contributed by atoms with Crippen molar-refractivity contribution in [2.24, 2.45) is 0 Å². The number of carbonyl (C=O) groups is 2. The number of fused-ring (bicyclic) bond motifs is 1. The van der Waals surface area contributed by atoms with E-state index in [2.05, 4.69) is 9.97 Å². The van der Waals surface area contributed by atoms with Gasteiger partial charge in [0.1, 0.15) is 0 Å². The lowest BCUT2D eigenvalue weighted by molar-refractivity contribution is 0.0683. The zero-order valence-corrected chi connectivity index (χ0v) is 7.91. The van der Waals surface area contributed by atoms with Gasteiger partial charge in [0.25, 0.3) is 0 Å². The van der Waals surface area contributed by atoms with Crippen molar-refractivity contribution in [1.29, 1.82) is 0 Å². The van der Waals surface area contributed by atoms with Crippen LogP contribution in [0.25, 0.3) is 11.0 Å². The Morgan fingerprint density at radius 2 is 1.81 bits per heavy atom. The Hall–Kier alpha value is -2.50. The van der Waals surface area contributed by atoms with E-state index in [0.717, 1.165) is 6.20 Å². The Morgan fingerprint density at radius 3 is 2.44 bits per heavy atom. The molecule has 2 N–H and O–H groups in total. The molecule has 0 saturated heterocycles. The van der Waals surface area contributed by atoms with Crippen LogP contribution in [0.2, 0.25) is 0 Å². The van der Waals surface area contributed by atoms with Crippen LogP contribution in [-0.2, 0) is 0 Å². The maximum atomic E-state index is 10.7. The first-order valence-corrected chi connectivity index (χ1v) is 4.31. The fourth-order valence-corrected chi connectivity index (χ4v) is 1.25. The second-order valence-electron chi connectivity index (χ2n) is 3.07. The van der Waals surface area contributed by atoms with E-state index in [1.54, 1.807) is 0 Å². The highest BCUT2D eigenvalue weighted by molar-refractivity contribution is 5.93. The molecule has 0 bridgehead atoms. The van der Waals surface area contributed by atoms with Crippen molar-refractivity contribution in [3.05, 3.63) is 35.7 Å². The average molecular weight is 218 g/mol. The lowest BCUT2D eigenvalue weighted by Gasteiger charge is -1.99. The molecule has 80 valence electrons. The number of hydrogen-bond acceptors (Lipinski definition) is 4. The van der Waals surface area contributed by atoms with Crippen molar-refractivity contribution in [2.45, 2.75) is 0 Å². The zero-order valence-electron chi connectivity index (χ0n) is 7.91. The first kappa shape index (κ1) is 10.0. The van der Waals surface area contributed by atoms with Gasteiger partial charge in [-0.05, 0) is 18.2 Å². The molecule has 0 aliphatic carbocycles. The van der Waals surface area contributed by atoms with Crippen LogP contribution in [0.5, 0.6) is 0 Å². The van der Waals surface area contributed by atoms with Crippen LogP contribution >= 0.6 is 0 Å². The highest BCUT2D eigenvalue weighted by atomic mass is 16.4. The molecule has 0 aliphatic heterocycles. The van der Waals surface area contributed by atoms with Crippen molar-refractivity contribution < 1.29 is 19.8 Å². The second kappa shape index (κ2) is 3.58. The summed E-state index contributed by atoms with van der Waals surface area (Å²) in [5.74, 6) is -2.29. The Kier molecular flexibility index (Phi) is 2.24. The fraction of sp³-hybridized carbons (Fsp3) is 0. The summed E-state index contributed by atoms with van der Waals surface area (Å²) in [4.78, 5) is 29.0.